The SMILES string of the molecule is CC(C)=C1NNc2ccc(I)cc21. The molecule has 0 bridgehead atoms. The first-order valence-corrected chi connectivity index (χ1v) is 5.26. The molecule has 0 aliphatic carbocycles. The molecule has 0 unspecified atom stereocenters. The minimum atomic E-state index is 1.16. The van der Waals surface area contributed by atoms with Gasteiger partial charge in [-0.1, -0.05) is 5.57 Å². The zero-order valence-electron chi connectivity index (χ0n) is 7.61. The van der Waals surface area contributed by atoms with Gasteiger partial charge in [-0.2, -0.15) is 0 Å². The second kappa shape index (κ2) is 3.21. The van der Waals surface area contributed by atoms with Crippen molar-refractivity contribution in [1.29, 1.82) is 0 Å². The molecule has 0 spiro atoms. The first-order chi connectivity index (χ1) is 6.18. The van der Waals surface area contributed by atoms with Gasteiger partial charge in [0.05, 0.1) is 11.4 Å². The van der Waals surface area contributed by atoms with Crippen LogP contribution < -0.4 is 10.9 Å². The van der Waals surface area contributed by atoms with Gasteiger partial charge >= 0.3 is 0 Å². The minimum Gasteiger partial charge on any atom is -0.300 e. The quantitative estimate of drug-likeness (QED) is 0.716. The van der Waals surface area contributed by atoms with Crippen LogP contribution in [0.25, 0.3) is 5.70 Å². The summed E-state index contributed by atoms with van der Waals surface area (Å²) in [5.41, 5.74) is 11.3. The summed E-state index contributed by atoms with van der Waals surface area (Å²) in [5, 5.41) is 0. The third kappa shape index (κ3) is 1.52. The van der Waals surface area contributed by atoms with E-state index < -0.39 is 0 Å². The standard InChI is InChI=1S/C10H11IN2/c1-6(2)10-8-5-7(11)3-4-9(8)12-13-10/h3-5,12-13H,1-2H3. The molecule has 0 aromatic heterocycles. The fourth-order valence-electron chi connectivity index (χ4n) is 1.42. The normalized spacial score (nSPS) is 13.3. The lowest BCUT2D eigenvalue weighted by molar-refractivity contribution is 1.11. The fourth-order valence-corrected chi connectivity index (χ4v) is 1.92. The van der Waals surface area contributed by atoms with Crippen LogP contribution >= 0.6 is 22.6 Å². The third-order valence-corrected chi connectivity index (χ3v) is 2.74. The molecular formula is C10H11IN2. The monoisotopic (exact) mass is 286 g/mol. The number of hydrogen-bond acceptors (Lipinski definition) is 2. The summed E-state index contributed by atoms with van der Waals surface area (Å²) in [6.07, 6.45) is 0. The molecule has 1 heterocycles. The van der Waals surface area contributed by atoms with Crippen LogP contribution in [0.3, 0.4) is 0 Å². The Kier molecular flexibility index (Phi) is 2.19. The molecular weight excluding hydrogens is 275 g/mol. The molecule has 2 N–H and O–H groups in total. The average Bonchev–Trinajstić information content (AvgIpc) is 2.46. The largest absolute Gasteiger partial charge is 0.300 e. The topological polar surface area (TPSA) is 24.1 Å². The van der Waals surface area contributed by atoms with Crippen LogP contribution in [-0.4, -0.2) is 0 Å². The summed E-state index contributed by atoms with van der Waals surface area (Å²) < 4.78 is 1.26. The summed E-state index contributed by atoms with van der Waals surface area (Å²) in [4.78, 5) is 0. The van der Waals surface area contributed by atoms with Crippen molar-refractivity contribution in [2.45, 2.75) is 13.8 Å². The molecule has 0 fully saturated rings. The van der Waals surface area contributed by atoms with Gasteiger partial charge in [-0.25, -0.2) is 0 Å². The molecule has 1 aromatic rings. The summed E-state index contributed by atoms with van der Waals surface area (Å²) in [5.74, 6) is 0. The minimum absolute atomic E-state index is 1.16. The molecule has 0 atom stereocenters. The van der Waals surface area contributed by atoms with Crippen LogP contribution in [0.15, 0.2) is 23.8 Å². The molecule has 3 heteroatoms. The van der Waals surface area contributed by atoms with Crippen molar-refractivity contribution in [1.82, 2.24) is 5.43 Å². The van der Waals surface area contributed by atoms with Crippen molar-refractivity contribution in [3.05, 3.63) is 32.9 Å². The van der Waals surface area contributed by atoms with Crippen molar-refractivity contribution < 1.29 is 0 Å². The van der Waals surface area contributed by atoms with E-state index >= 15 is 0 Å². The molecule has 0 saturated carbocycles. The number of hydrazine groups is 1. The van der Waals surface area contributed by atoms with Crippen LogP contribution in [0.1, 0.15) is 19.4 Å². The first-order valence-electron chi connectivity index (χ1n) is 4.18. The van der Waals surface area contributed by atoms with Crippen molar-refractivity contribution in [3.63, 3.8) is 0 Å². The number of halogens is 1. The third-order valence-electron chi connectivity index (χ3n) is 2.07. The van der Waals surface area contributed by atoms with Crippen molar-refractivity contribution in [3.8, 4) is 0 Å². The van der Waals surface area contributed by atoms with E-state index in [1.807, 2.05) is 0 Å². The predicted octanol–water partition coefficient (Wildman–Crippen LogP) is 2.97. The zero-order valence-corrected chi connectivity index (χ0v) is 9.77. The summed E-state index contributed by atoms with van der Waals surface area (Å²) >= 11 is 2.33. The Balaban J connectivity index is 2.59. The first kappa shape index (κ1) is 8.87. The van der Waals surface area contributed by atoms with Crippen molar-refractivity contribution in [2.24, 2.45) is 0 Å². The predicted molar refractivity (Wildman–Crippen MR) is 64.2 cm³/mol. The van der Waals surface area contributed by atoms with E-state index in [1.54, 1.807) is 0 Å². The second-order valence-electron chi connectivity index (χ2n) is 3.31. The van der Waals surface area contributed by atoms with Crippen LogP contribution in [0.5, 0.6) is 0 Å². The number of anilines is 1. The van der Waals surface area contributed by atoms with Gasteiger partial charge in [0, 0.05) is 9.13 Å². The molecule has 13 heavy (non-hydrogen) atoms. The molecule has 1 aliphatic rings. The average molecular weight is 286 g/mol. The van der Waals surface area contributed by atoms with Gasteiger partial charge in [0.15, 0.2) is 0 Å². The smallest absolute Gasteiger partial charge is 0.0634 e. The molecule has 0 radical (unpaired) electrons. The van der Waals surface area contributed by atoms with Crippen LogP contribution in [-0.2, 0) is 0 Å². The van der Waals surface area contributed by atoms with Gasteiger partial charge < -0.3 is 10.9 Å². The maximum absolute atomic E-state index is 3.18. The van der Waals surface area contributed by atoms with Gasteiger partial charge in [0.2, 0.25) is 0 Å². The molecule has 1 aromatic carbocycles. The lowest BCUT2D eigenvalue weighted by atomic mass is 10.1. The van der Waals surface area contributed by atoms with E-state index in [4.69, 9.17) is 0 Å². The maximum Gasteiger partial charge on any atom is 0.0634 e. The van der Waals surface area contributed by atoms with Crippen molar-refractivity contribution in [2.75, 3.05) is 5.43 Å². The summed E-state index contributed by atoms with van der Waals surface area (Å²) in [7, 11) is 0. The van der Waals surface area contributed by atoms with Gasteiger partial charge in [0.25, 0.3) is 0 Å². The van der Waals surface area contributed by atoms with Crippen LogP contribution in [0.2, 0.25) is 0 Å². The Morgan fingerprint density at radius 2 is 2.00 bits per heavy atom. The van der Waals surface area contributed by atoms with E-state index in [0.717, 1.165) is 5.69 Å². The number of hydrogen-bond donors (Lipinski definition) is 2. The highest BCUT2D eigenvalue weighted by Gasteiger charge is 2.15. The van der Waals surface area contributed by atoms with E-state index in [0.29, 0.717) is 0 Å². The summed E-state index contributed by atoms with van der Waals surface area (Å²) in [6.45, 7) is 4.22. The molecule has 1 aliphatic heterocycles. The van der Waals surface area contributed by atoms with Crippen LogP contribution in [0.4, 0.5) is 5.69 Å². The lowest BCUT2D eigenvalue weighted by Crippen LogP contribution is -2.11. The Bertz CT molecular complexity index is 379. The lowest BCUT2D eigenvalue weighted by Gasteiger charge is -2.01. The van der Waals surface area contributed by atoms with Crippen molar-refractivity contribution >= 4 is 34.0 Å². The molecule has 68 valence electrons. The Labute approximate surface area is 91.5 Å². The van der Waals surface area contributed by atoms with E-state index in [2.05, 4.69) is 65.5 Å². The Morgan fingerprint density at radius 1 is 1.23 bits per heavy atom. The second-order valence-corrected chi connectivity index (χ2v) is 4.56. The van der Waals surface area contributed by atoms with E-state index in [9.17, 15) is 0 Å². The number of rotatable bonds is 0. The highest BCUT2D eigenvalue weighted by atomic mass is 127. The van der Waals surface area contributed by atoms with Gasteiger partial charge in [-0.15, -0.1) is 0 Å². The highest BCUT2D eigenvalue weighted by molar-refractivity contribution is 14.1. The van der Waals surface area contributed by atoms with Crippen LogP contribution in [0, 0.1) is 3.57 Å². The van der Waals surface area contributed by atoms with E-state index in [1.165, 1.54) is 20.4 Å². The molecule has 2 nitrogen and oxygen atoms in total. The number of nitrogens with one attached hydrogen (secondary N) is 2. The number of benzene rings is 1. The number of fused-ring (bicyclic) bond motifs is 1. The zero-order chi connectivity index (χ0) is 9.42. The molecule has 0 saturated heterocycles. The van der Waals surface area contributed by atoms with E-state index in [-0.39, 0.29) is 0 Å². The molecule has 2 rings (SSSR count). The highest BCUT2D eigenvalue weighted by Crippen LogP contribution is 2.30. The Morgan fingerprint density at radius 3 is 2.69 bits per heavy atom. The molecule has 0 amide bonds. The Hall–Kier alpha value is -0.710. The maximum atomic E-state index is 3.18. The summed E-state index contributed by atoms with van der Waals surface area (Å²) in [6, 6.07) is 6.38. The fraction of sp³-hybridized carbons (Fsp3) is 0.200. The number of allylic oxidation sites excluding steroid dienone is 1. The van der Waals surface area contributed by atoms with Gasteiger partial charge in [0.1, 0.15) is 0 Å². The van der Waals surface area contributed by atoms with Gasteiger partial charge in [-0.05, 0) is 54.6 Å². The van der Waals surface area contributed by atoms with Gasteiger partial charge in [-0.3, -0.25) is 0 Å².